The number of anilines is 1. The molecule has 3 heterocycles. The molecule has 0 amide bonds. The average molecular weight is 364 g/mol. The summed E-state index contributed by atoms with van der Waals surface area (Å²) in [6.45, 7) is 1.60. The zero-order valence-corrected chi connectivity index (χ0v) is 15.6. The van der Waals surface area contributed by atoms with Gasteiger partial charge < -0.3 is 9.64 Å². The Hall–Kier alpha value is -2.50. The van der Waals surface area contributed by atoms with Gasteiger partial charge in [0.25, 0.3) is 0 Å². The van der Waals surface area contributed by atoms with E-state index >= 15 is 0 Å². The molecule has 0 bridgehead atoms. The number of methoxy groups -OCH3 is 1. The standard InChI is InChI=1S/C21H24N4O2/c1-27-20(26)21-9-3-4-15(21)12-25(13-21)19-16-5-2-6-17(16)23-18(24-19)14-7-10-22-11-8-14/h7-8,10-11,15H,2-6,9,12-13H2,1H3. The van der Waals surface area contributed by atoms with Crippen LogP contribution in [0.25, 0.3) is 11.4 Å². The third kappa shape index (κ3) is 2.53. The molecule has 2 atom stereocenters. The van der Waals surface area contributed by atoms with Crippen LogP contribution in [0, 0.1) is 11.3 Å². The summed E-state index contributed by atoms with van der Waals surface area (Å²) in [7, 11) is 1.51. The average Bonchev–Trinajstić information content (AvgIpc) is 3.41. The zero-order chi connectivity index (χ0) is 18.4. The van der Waals surface area contributed by atoms with Crippen molar-refractivity contribution in [3.63, 3.8) is 0 Å². The summed E-state index contributed by atoms with van der Waals surface area (Å²) in [6.07, 6.45) is 9.82. The number of aryl methyl sites for hydroxylation is 1. The van der Waals surface area contributed by atoms with Crippen molar-refractivity contribution < 1.29 is 9.53 Å². The monoisotopic (exact) mass is 364 g/mol. The highest BCUT2D eigenvalue weighted by molar-refractivity contribution is 5.80. The Morgan fingerprint density at radius 2 is 2.07 bits per heavy atom. The van der Waals surface area contributed by atoms with Crippen LogP contribution in [0.15, 0.2) is 24.5 Å². The van der Waals surface area contributed by atoms with Gasteiger partial charge in [0.15, 0.2) is 5.82 Å². The predicted octanol–water partition coefficient (Wildman–Crippen LogP) is 2.81. The van der Waals surface area contributed by atoms with E-state index in [2.05, 4.69) is 9.88 Å². The third-order valence-electron chi connectivity index (χ3n) is 6.61. The Bertz CT molecular complexity index is 885. The van der Waals surface area contributed by atoms with Crippen LogP contribution in [0.3, 0.4) is 0 Å². The summed E-state index contributed by atoms with van der Waals surface area (Å²) in [4.78, 5) is 28.9. The number of hydrogen-bond acceptors (Lipinski definition) is 6. The van der Waals surface area contributed by atoms with Gasteiger partial charge in [0, 0.05) is 42.3 Å². The summed E-state index contributed by atoms with van der Waals surface area (Å²) >= 11 is 0. The largest absolute Gasteiger partial charge is 0.469 e. The minimum absolute atomic E-state index is 0.0486. The zero-order valence-electron chi connectivity index (χ0n) is 15.6. The number of fused-ring (bicyclic) bond motifs is 2. The Labute approximate surface area is 159 Å². The summed E-state index contributed by atoms with van der Waals surface area (Å²) in [5.74, 6) is 2.10. The first-order valence-electron chi connectivity index (χ1n) is 9.85. The van der Waals surface area contributed by atoms with E-state index < -0.39 is 0 Å². The maximum absolute atomic E-state index is 12.6. The number of rotatable bonds is 3. The van der Waals surface area contributed by atoms with E-state index in [0.29, 0.717) is 12.5 Å². The van der Waals surface area contributed by atoms with Crippen molar-refractivity contribution in [1.29, 1.82) is 0 Å². The van der Waals surface area contributed by atoms with Crippen molar-refractivity contribution in [2.45, 2.75) is 38.5 Å². The van der Waals surface area contributed by atoms with Crippen LogP contribution in [-0.4, -0.2) is 41.1 Å². The van der Waals surface area contributed by atoms with E-state index in [-0.39, 0.29) is 11.4 Å². The molecule has 0 spiro atoms. The molecule has 27 heavy (non-hydrogen) atoms. The molecule has 5 rings (SSSR count). The molecule has 0 N–H and O–H groups in total. The highest BCUT2D eigenvalue weighted by Gasteiger charge is 2.56. The first-order valence-corrected chi connectivity index (χ1v) is 9.85. The maximum atomic E-state index is 12.6. The van der Waals surface area contributed by atoms with Gasteiger partial charge in [-0.2, -0.15) is 0 Å². The van der Waals surface area contributed by atoms with Gasteiger partial charge in [-0.1, -0.05) is 6.42 Å². The van der Waals surface area contributed by atoms with Crippen molar-refractivity contribution >= 4 is 11.8 Å². The molecule has 1 aliphatic heterocycles. The lowest BCUT2D eigenvalue weighted by Crippen LogP contribution is -2.37. The van der Waals surface area contributed by atoms with Crippen molar-refractivity contribution in [1.82, 2.24) is 15.0 Å². The first kappa shape index (κ1) is 16.7. The molecular weight excluding hydrogens is 340 g/mol. The van der Waals surface area contributed by atoms with E-state index in [9.17, 15) is 4.79 Å². The minimum atomic E-state index is -0.359. The van der Waals surface area contributed by atoms with Gasteiger partial charge in [0.1, 0.15) is 5.82 Å². The van der Waals surface area contributed by atoms with Gasteiger partial charge in [-0.05, 0) is 50.2 Å². The third-order valence-corrected chi connectivity index (χ3v) is 6.61. The second kappa shape index (κ2) is 6.29. The molecule has 2 unspecified atom stereocenters. The topological polar surface area (TPSA) is 68.2 Å². The van der Waals surface area contributed by atoms with Crippen LogP contribution in [0.5, 0.6) is 0 Å². The molecule has 1 saturated heterocycles. The number of carbonyl (C=O) groups excluding carboxylic acids is 1. The van der Waals surface area contributed by atoms with Gasteiger partial charge in [0.2, 0.25) is 0 Å². The van der Waals surface area contributed by atoms with Crippen molar-refractivity contribution in [3.8, 4) is 11.4 Å². The SMILES string of the molecule is COC(=O)C12CCCC1CN(c1nc(-c3ccncc3)nc3c1CCC3)C2. The summed E-state index contributed by atoms with van der Waals surface area (Å²) in [5, 5.41) is 0. The Morgan fingerprint density at radius 1 is 1.22 bits per heavy atom. The first-order chi connectivity index (χ1) is 13.2. The van der Waals surface area contributed by atoms with E-state index in [4.69, 9.17) is 14.7 Å². The number of nitrogens with zero attached hydrogens (tertiary/aromatic N) is 4. The molecule has 0 radical (unpaired) electrons. The van der Waals surface area contributed by atoms with Crippen LogP contribution in [0.1, 0.15) is 36.9 Å². The molecule has 2 aromatic rings. The van der Waals surface area contributed by atoms with Crippen LogP contribution in [0.2, 0.25) is 0 Å². The molecule has 2 aromatic heterocycles. The number of ether oxygens (including phenoxy) is 1. The van der Waals surface area contributed by atoms with E-state index in [0.717, 1.165) is 68.0 Å². The van der Waals surface area contributed by atoms with Crippen LogP contribution >= 0.6 is 0 Å². The Morgan fingerprint density at radius 3 is 2.89 bits per heavy atom. The molecule has 6 nitrogen and oxygen atoms in total. The molecule has 2 aliphatic carbocycles. The smallest absolute Gasteiger partial charge is 0.313 e. The molecule has 140 valence electrons. The number of hydrogen-bond donors (Lipinski definition) is 0. The fourth-order valence-corrected chi connectivity index (χ4v) is 5.29. The summed E-state index contributed by atoms with van der Waals surface area (Å²) < 4.78 is 5.20. The van der Waals surface area contributed by atoms with Crippen molar-refractivity contribution in [2.75, 3.05) is 25.1 Å². The molecule has 3 aliphatic rings. The minimum Gasteiger partial charge on any atom is -0.469 e. The second-order valence-corrected chi connectivity index (χ2v) is 8.00. The highest BCUT2D eigenvalue weighted by atomic mass is 16.5. The molecular formula is C21H24N4O2. The fourth-order valence-electron chi connectivity index (χ4n) is 5.29. The van der Waals surface area contributed by atoms with Gasteiger partial charge >= 0.3 is 5.97 Å². The van der Waals surface area contributed by atoms with Crippen LogP contribution < -0.4 is 4.90 Å². The maximum Gasteiger partial charge on any atom is 0.313 e. The van der Waals surface area contributed by atoms with Crippen molar-refractivity contribution in [2.24, 2.45) is 11.3 Å². The summed E-state index contributed by atoms with van der Waals surface area (Å²) in [6, 6.07) is 3.91. The quantitative estimate of drug-likeness (QED) is 0.780. The molecule has 1 saturated carbocycles. The number of aromatic nitrogens is 3. The van der Waals surface area contributed by atoms with Gasteiger partial charge in [-0.15, -0.1) is 0 Å². The lowest BCUT2D eigenvalue weighted by atomic mass is 9.81. The number of carbonyl (C=O) groups is 1. The fraction of sp³-hybridized carbons (Fsp3) is 0.524. The van der Waals surface area contributed by atoms with Crippen LogP contribution in [0.4, 0.5) is 5.82 Å². The van der Waals surface area contributed by atoms with Gasteiger partial charge in [0.05, 0.1) is 12.5 Å². The Balaban J connectivity index is 1.56. The van der Waals surface area contributed by atoms with Crippen molar-refractivity contribution in [3.05, 3.63) is 35.8 Å². The lowest BCUT2D eigenvalue weighted by molar-refractivity contribution is -0.152. The van der Waals surface area contributed by atoms with E-state index in [1.165, 1.54) is 12.7 Å². The number of pyridine rings is 1. The van der Waals surface area contributed by atoms with Gasteiger partial charge in [-0.25, -0.2) is 9.97 Å². The van der Waals surface area contributed by atoms with E-state index in [1.54, 1.807) is 12.4 Å². The lowest BCUT2D eigenvalue weighted by Gasteiger charge is -2.26. The summed E-state index contributed by atoms with van der Waals surface area (Å²) in [5.41, 5.74) is 3.06. The Kier molecular flexibility index (Phi) is 3.88. The van der Waals surface area contributed by atoms with Gasteiger partial charge in [-0.3, -0.25) is 9.78 Å². The second-order valence-electron chi connectivity index (χ2n) is 8.00. The molecule has 2 fully saturated rings. The highest BCUT2D eigenvalue weighted by Crippen LogP contribution is 2.51. The normalized spacial score (nSPS) is 26.1. The number of esters is 1. The predicted molar refractivity (Wildman–Crippen MR) is 101 cm³/mol. The van der Waals surface area contributed by atoms with E-state index in [1.807, 2.05) is 12.1 Å². The van der Waals surface area contributed by atoms with Crippen LogP contribution in [-0.2, 0) is 22.4 Å². The molecule has 0 aromatic carbocycles. The molecule has 6 heteroatoms.